The van der Waals surface area contributed by atoms with Crippen LogP contribution < -0.4 is 23.5 Å². The van der Waals surface area contributed by atoms with Gasteiger partial charge in [0.05, 0.1) is 25.7 Å². The van der Waals surface area contributed by atoms with E-state index in [1.807, 2.05) is 6.07 Å². The van der Waals surface area contributed by atoms with Crippen LogP contribution in [-0.4, -0.2) is 42.1 Å². The number of hydrogen-bond acceptors (Lipinski definition) is 2. The van der Waals surface area contributed by atoms with Crippen molar-refractivity contribution in [1.82, 2.24) is 5.32 Å². The summed E-state index contributed by atoms with van der Waals surface area (Å²) in [6.07, 6.45) is 4.48. The standard InChI is InChI=1S/C21H34BrN3O.ClH/c1-6-21(26)24-16(4)13-14-25(7-2,8-3)17(5)9-10-18-11-12-20(23)19(22)15-18;/h6,11-12,15-17H,1,7-10,13-14,23H2,2-5H3;1H. The van der Waals surface area contributed by atoms with Crippen LogP contribution >= 0.6 is 15.9 Å². The first kappa shape index (κ1) is 26.0. The molecule has 0 radical (unpaired) electrons. The van der Waals surface area contributed by atoms with Crippen molar-refractivity contribution < 1.29 is 21.7 Å². The Kier molecular flexibility index (Phi) is 11.9. The third kappa shape index (κ3) is 7.84. The Hall–Kier alpha value is -1.04. The molecule has 0 aliphatic rings. The fourth-order valence-electron chi connectivity index (χ4n) is 3.58. The second-order valence-electron chi connectivity index (χ2n) is 7.22. The molecule has 6 heteroatoms. The summed E-state index contributed by atoms with van der Waals surface area (Å²) in [6, 6.07) is 6.93. The van der Waals surface area contributed by atoms with E-state index in [1.165, 1.54) is 11.6 Å². The van der Waals surface area contributed by atoms with E-state index in [0.29, 0.717) is 6.04 Å². The van der Waals surface area contributed by atoms with Gasteiger partial charge in [-0.15, -0.1) is 0 Å². The Bertz CT molecular complexity index is 605. The number of hydrogen-bond donors (Lipinski definition) is 2. The van der Waals surface area contributed by atoms with Crippen molar-refractivity contribution in [3.8, 4) is 0 Å². The van der Waals surface area contributed by atoms with Crippen LogP contribution in [0.5, 0.6) is 0 Å². The van der Waals surface area contributed by atoms with Crippen molar-refractivity contribution in [2.75, 3.05) is 25.4 Å². The second-order valence-corrected chi connectivity index (χ2v) is 8.07. The van der Waals surface area contributed by atoms with Gasteiger partial charge in [-0.2, -0.15) is 0 Å². The van der Waals surface area contributed by atoms with Crippen LogP contribution in [0.2, 0.25) is 0 Å². The minimum absolute atomic E-state index is 0. The first-order chi connectivity index (χ1) is 12.3. The molecule has 0 aliphatic heterocycles. The summed E-state index contributed by atoms with van der Waals surface area (Å²) in [5.74, 6) is -0.0921. The van der Waals surface area contributed by atoms with E-state index >= 15 is 0 Å². The Morgan fingerprint density at radius 3 is 2.44 bits per heavy atom. The lowest BCUT2D eigenvalue weighted by atomic mass is 10.0. The Labute approximate surface area is 179 Å². The molecule has 3 N–H and O–H groups in total. The lowest BCUT2D eigenvalue weighted by Crippen LogP contribution is -3.00. The van der Waals surface area contributed by atoms with Crippen LogP contribution in [-0.2, 0) is 11.2 Å². The maximum atomic E-state index is 11.5. The van der Waals surface area contributed by atoms with Gasteiger partial charge in [0.1, 0.15) is 0 Å². The quantitative estimate of drug-likeness (QED) is 0.297. The van der Waals surface area contributed by atoms with E-state index in [4.69, 9.17) is 5.73 Å². The highest BCUT2D eigenvalue weighted by atomic mass is 79.9. The highest BCUT2D eigenvalue weighted by Crippen LogP contribution is 2.24. The van der Waals surface area contributed by atoms with Crippen LogP contribution in [0.15, 0.2) is 35.3 Å². The molecule has 1 aromatic carbocycles. The van der Waals surface area contributed by atoms with Gasteiger partial charge in [0, 0.05) is 29.0 Å². The summed E-state index contributed by atoms with van der Waals surface area (Å²) in [7, 11) is 0. The van der Waals surface area contributed by atoms with Gasteiger partial charge in [-0.25, -0.2) is 0 Å². The van der Waals surface area contributed by atoms with Gasteiger partial charge in [-0.1, -0.05) is 12.6 Å². The van der Waals surface area contributed by atoms with Crippen molar-refractivity contribution in [2.45, 2.75) is 59.0 Å². The molecule has 2 atom stereocenters. The number of halogens is 2. The van der Waals surface area contributed by atoms with E-state index in [-0.39, 0.29) is 24.4 Å². The molecule has 0 aromatic heterocycles. The van der Waals surface area contributed by atoms with Crippen LogP contribution in [0.1, 0.15) is 46.1 Å². The number of nitrogens with one attached hydrogen (secondary N) is 1. The normalized spacial score (nSPS) is 13.4. The number of quaternary nitrogens is 1. The van der Waals surface area contributed by atoms with Crippen molar-refractivity contribution in [3.63, 3.8) is 0 Å². The van der Waals surface area contributed by atoms with Crippen molar-refractivity contribution in [1.29, 1.82) is 0 Å². The number of benzene rings is 1. The molecule has 4 nitrogen and oxygen atoms in total. The lowest BCUT2D eigenvalue weighted by Gasteiger charge is -2.43. The zero-order valence-corrected chi connectivity index (χ0v) is 19.4. The fourth-order valence-corrected chi connectivity index (χ4v) is 4.01. The number of amides is 1. The topological polar surface area (TPSA) is 55.1 Å². The van der Waals surface area contributed by atoms with E-state index in [9.17, 15) is 4.79 Å². The third-order valence-corrected chi connectivity index (χ3v) is 6.38. The molecule has 1 aromatic rings. The largest absolute Gasteiger partial charge is 1.00 e. The van der Waals surface area contributed by atoms with E-state index in [1.54, 1.807) is 0 Å². The summed E-state index contributed by atoms with van der Waals surface area (Å²) in [6.45, 7) is 15.8. The molecule has 27 heavy (non-hydrogen) atoms. The number of nitrogen functional groups attached to an aromatic ring is 1. The monoisotopic (exact) mass is 459 g/mol. The molecule has 0 aliphatic carbocycles. The van der Waals surface area contributed by atoms with E-state index < -0.39 is 0 Å². The first-order valence-electron chi connectivity index (χ1n) is 9.60. The van der Waals surface area contributed by atoms with Crippen LogP contribution in [0, 0.1) is 0 Å². The molecule has 1 rings (SSSR count). The Balaban J connectivity index is 0.00000676. The predicted octanol–water partition coefficient (Wildman–Crippen LogP) is 1.29. The number of rotatable bonds is 11. The molecule has 2 unspecified atom stereocenters. The van der Waals surface area contributed by atoms with Gasteiger partial charge in [0.15, 0.2) is 0 Å². The average molecular weight is 461 g/mol. The van der Waals surface area contributed by atoms with E-state index in [2.05, 4.69) is 67.7 Å². The van der Waals surface area contributed by atoms with Crippen LogP contribution in [0.3, 0.4) is 0 Å². The maximum Gasteiger partial charge on any atom is 0.243 e. The fraction of sp³-hybridized carbons (Fsp3) is 0.571. The number of anilines is 1. The van der Waals surface area contributed by atoms with Gasteiger partial charge in [0.25, 0.3) is 0 Å². The molecular formula is C21H35BrClN3O. The molecular weight excluding hydrogens is 426 g/mol. The molecule has 1 amide bonds. The summed E-state index contributed by atoms with van der Waals surface area (Å²) >= 11 is 3.52. The van der Waals surface area contributed by atoms with Crippen molar-refractivity contribution >= 4 is 27.5 Å². The molecule has 0 bridgehead atoms. The average Bonchev–Trinajstić information content (AvgIpc) is 2.63. The number of carbonyl (C=O) groups is 1. The summed E-state index contributed by atoms with van der Waals surface area (Å²) in [5.41, 5.74) is 7.98. The van der Waals surface area contributed by atoms with Crippen LogP contribution in [0.4, 0.5) is 5.69 Å². The number of nitrogens with two attached hydrogens (primary N) is 1. The Morgan fingerprint density at radius 1 is 1.30 bits per heavy atom. The van der Waals surface area contributed by atoms with Gasteiger partial charge < -0.3 is 27.9 Å². The Morgan fingerprint density at radius 2 is 1.93 bits per heavy atom. The summed E-state index contributed by atoms with van der Waals surface area (Å²) in [4.78, 5) is 11.5. The number of aryl methyl sites for hydroxylation is 1. The molecule has 0 heterocycles. The minimum atomic E-state index is -0.0921. The molecule has 0 saturated carbocycles. The SMILES string of the molecule is C=CC(=O)NC(C)CC[N+](CC)(CC)C(C)CCc1ccc(N)c(Br)c1.[Cl-]. The van der Waals surface area contributed by atoms with E-state index in [0.717, 1.165) is 53.5 Å². The smallest absolute Gasteiger partial charge is 0.243 e. The highest BCUT2D eigenvalue weighted by molar-refractivity contribution is 9.10. The summed E-state index contributed by atoms with van der Waals surface area (Å²) < 4.78 is 2.05. The molecule has 0 saturated heterocycles. The second kappa shape index (κ2) is 12.4. The zero-order valence-electron chi connectivity index (χ0n) is 17.1. The number of carbonyl (C=O) groups excluding carboxylic acids is 1. The van der Waals surface area contributed by atoms with Crippen molar-refractivity contribution in [2.24, 2.45) is 0 Å². The van der Waals surface area contributed by atoms with Gasteiger partial charge in [0.2, 0.25) is 5.91 Å². The van der Waals surface area contributed by atoms with Gasteiger partial charge in [-0.05, 0) is 73.8 Å². The van der Waals surface area contributed by atoms with Gasteiger partial charge >= 0.3 is 0 Å². The first-order valence-corrected chi connectivity index (χ1v) is 10.4. The molecule has 0 fully saturated rings. The molecule has 154 valence electrons. The maximum absolute atomic E-state index is 11.5. The van der Waals surface area contributed by atoms with Crippen LogP contribution in [0.25, 0.3) is 0 Å². The highest BCUT2D eigenvalue weighted by Gasteiger charge is 2.30. The summed E-state index contributed by atoms with van der Waals surface area (Å²) in [5, 5.41) is 2.97. The lowest BCUT2D eigenvalue weighted by molar-refractivity contribution is -0.947. The van der Waals surface area contributed by atoms with Gasteiger partial charge in [-0.3, -0.25) is 4.79 Å². The third-order valence-electron chi connectivity index (χ3n) is 5.69. The minimum Gasteiger partial charge on any atom is -1.00 e. The predicted molar refractivity (Wildman–Crippen MR) is 115 cm³/mol. The molecule has 0 spiro atoms. The zero-order chi connectivity index (χ0) is 19.7. The number of nitrogens with zero attached hydrogens (tertiary/aromatic N) is 1. The van der Waals surface area contributed by atoms with Crippen molar-refractivity contribution in [3.05, 3.63) is 40.9 Å².